The molecule has 0 amide bonds. The number of hydrogen-bond acceptors (Lipinski definition) is 14. The molecule has 0 rings (SSSR count). The normalized spacial score (nSPS) is 12.2. The van der Waals surface area contributed by atoms with Crippen LogP contribution < -0.4 is 29.6 Å². The van der Waals surface area contributed by atoms with E-state index in [2.05, 4.69) is 7.26 Å². The summed E-state index contributed by atoms with van der Waals surface area (Å²) >= 11 is 0. The van der Waals surface area contributed by atoms with Gasteiger partial charge in [0.25, 0.3) is 0 Å². The predicted molar refractivity (Wildman–Crippen MR) is 41.0 cm³/mol. The maximum absolute atomic E-state index is 9.29. The van der Waals surface area contributed by atoms with Gasteiger partial charge < -0.3 is 18.2 Å². The van der Waals surface area contributed by atoms with Crippen molar-refractivity contribution in [2.45, 2.75) is 0 Å². The first-order chi connectivity index (χ1) is 7.41. The molecular formula is CrNaO14S4. The zero-order valence-corrected chi connectivity index (χ0v) is 15.3. The van der Waals surface area contributed by atoms with Crippen LogP contribution >= 0.6 is 0 Å². The van der Waals surface area contributed by atoms with Crippen molar-refractivity contribution < 1.29 is 106 Å². The van der Waals surface area contributed by atoms with E-state index in [9.17, 15) is 51.9 Å². The van der Waals surface area contributed by atoms with Crippen molar-refractivity contribution in [3.8, 4) is 0 Å². The van der Waals surface area contributed by atoms with Gasteiger partial charge in [-0.2, -0.15) is 7.26 Å². The average molecular weight is 427 g/mol. The zero-order valence-electron chi connectivity index (χ0n) is 8.76. The van der Waals surface area contributed by atoms with E-state index in [4.69, 9.17) is 0 Å². The largest absolute Gasteiger partial charge is 3.00 e. The number of hydrogen-bond donors (Lipinski definition) is 0. The Hall–Kier alpha value is 1.09. The quantitative estimate of drug-likeness (QED) is 0.230. The molecular weight excluding hydrogens is 427 g/mol. The number of rotatable bonds is 4. The van der Waals surface area contributed by atoms with Crippen LogP contribution in [0.2, 0.25) is 0 Å². The summed E-state index contributed by atoms with van der Waals surface area (Å²) < 4.78 is 116. The second-order valence-electron chi connectivity index (χ2n) is 1.77. The van der Waals surface area contributed by atoms with Crippen molar-refractivity contribution in [1.29, 1.82) is 0 Å². The van der Waals surface area contributed by atoms with Crippen LogP contribution in [-0.2, 0) is 66.2 Å². The SMILES string of the molecule is O=S(=O)([O-])OS(=O)(=O)[O-].O=S(=O)([O-])OS(=O)(=O)[O-].[Cr+3].[Na+]. The van der Waals surface area contributed by atoms with Crippen LogP contribution in [0.3, 0.4) is 0 Å². The van der Waals surface area contributed by atoms with Gasteiger partial charge in [-0.3, -0.25) is 0 Å². The second-order valence-corrected chi connectivity index (χ2v) is 6.12. The Morgan fingerprint density at radius 1 is 0.500 bits per heavy atom. The first-order valence-corrected chi connectivity index (χ1v) is 8.00. The molecule has 0 aliphatic heterocycles. The van der Waals surface area contributed by atoms with Crippen molar-refractivity contribution in [1.82, 2.24) is 0 Å². The summed E-state index contributed by atoms with van der Waals surface area (Å²) in [6.45, 7) is 0. The minimum Gasteiger partial charge on any atom is -0.725 e. The molecule has 14 nitrogen and oxygen atoms in total. The first-order valence-electron chi connectivity index (χ1n) is 2.67. The summed E-state index contributed by atoms with van der Waals surface area (Å²) in [5, 5.41) is 0. The second kappa shape index (κ2) is 9.98. The van der Waals surface area contributed by atoms with Crippen molar-refractivity contribution in [3.63, 3.8) is 0 Å². The van der Waals surface area contributed by atoms with Gasteiger partial charge in [0.1, 0.15) is 0 Å². The fourth-order valence-corrected chi connectivity index (χ4v) is 1.84. The van der Waals surface area contributed by atoms with Crippen LogP contribution in [0.25, 0.3) is 0 Å². The van der Waals surface area contributed by atoms with Gasteiger partial charge in [-0.25, -0.2) is 33.7 Å². The van der Waals surface area contributed by atoms with Crippen molar-refractivity contribution in [3.05, 3.63) is 0 Å². The van der Waals surface area contributed by atoms with Crippen LogP contribution in [0.1, 0.15) is 0 Å². The molecule has 0 saturated heterocycles. The van der Waals surface area contributed by atoms with Crippen LogP contribution in [0.5, 0.6) is 0 Å². The first kappa shape index (κ1) is 29.1. The Kier molecular flexibility index (Phi) is 14.5. The third-order valence-corrected chi connectivity index (χ3v) is 3.00. The van der Waals surface area contributed by atoms with Crippen LogP contribution in [0.4, 0.5) is 0 Å². The van der Waals surface area contributed by atoms with Gasteiger partial charge in [0, 0.05) is 0 Å². The Morgan fingerprint density at radius 2 is 0.600 bits per heavy atom. The fraction of sp³-hybridized carbons (Fsp3) is 0. The van der Waals surface area contributed by atoms with E-state index in [1.54, 1.807) is 0 Å². The van der Waals surface area contributed by atoms with Gasteiger partial charge in [0.05, 0.1) is 0 Å². The Morgan fingerprint density at radius 3 is 0.600 bits per heavy atom. The molecule has 115 valence electrons. The summed E-state index contributed by atoms with van der Waals surface area (Å²) in [6, 6.07) is 0. The van der Waals surface area contributed by atoms with Crippen molar-refractivity contribution >= 4 is 41.6 Å². The maximum Gasteiger partial charge on any atom is 3.00 e. The van der Waals surface area contributed by atoms with Crippen molar-refractivity contribution in [2.24, 2.45) is 0 Å². The Bertz CT molecular complexity index is 537. The molecule has 0 aromatic heterocycles. The van der Waals surface area contributed by atoms with Gasteiger partial charge >= 0.3 is 46.9 Å². The molecule has 0 heterocycles. The molecule has 0 spiro atoms. The molecule has 0 N–H and O–H groups in total. The summed E-state index contributed by atoms with van der Waals surface area (Å²) in [4.78, 5) is 0. The van der Waals surface area contributed by atoms with E-state index in [0.717, 1.165) is 0 Å². The molecule has 0 aliphatic rings. The smallest absolute Gasteiger partial charge is 0.725 e. The molecule has 0 saturated carbocycles. The van der Waals surface area contributed by atoms with Gasteiger partial charge in [-0.1, -0.05) is 0 Å². The molecule has 0 aromatic carbocycles. The van der Waals surface area contributed by atoms with Crippen LogP contribution in [-0.4, -0.2) is 51.9 Å². The van der Waals surface area contributed by atoms with Gasteiger partial charge in [0.15, 0.2) is 0 Å². The molecule has 20 heteroatoms. The third kappa shape index (κ3) is 36.5. The molecule has 0 fully saturated rings. The molecule has 0 aliphatic carbocycles. The Labute approximate surface area is 146 Å². The Balaban J connectivity index is -0.000000116. The predicted octanol–water partition coefficient (Wildman–Crippen LogP) is -7.15. The fourth-order valence-electron chi connectivity index (χ4n) is 0.204. The summed E-state index contributed by atoms with van der Waals surface area (Å²) in [5.74, 6) is 0. The maximum atomic E-state index is 9.29. The molecule has 0 bridgehead atoms. The summed E-state index contributed by atoms with van der Waals surface area (Å²) in [6.07, 6.45) is 0. The van der Waals surface area contributed by atoms with E-state index < -0.39 is 41.6 Å². The van der Waals surface area contributed by atoms with Crippen LogP contribution in [0, 0.1) is 0 Å². The molecule has 0 atom stereocenters. The van der Waals surface area contributed by atoms with E-state index in [0.29, 0.717) is 0 Å². The van der Waals surface area contributed by atoms with Gasteiger partial charge in [0.2, 0.25) is 41.6 Å². The minimum absolute atomic E-state index is 0. The van der Waals surface area contributed by atoms with Gasteiger partial charge in [-0.05, 0) is 0 Å². The van der Waals surface area contributed by atoms with E-state index in [-0.39, 0.29) is 46.9 Å². The average Bonchev–Trinajstić information content (AvgIpc) is 1.64. The van der Waals surface area contributed by atoms with Crippen LogP contribution in [0.15, 0.2) is 0 Å². The van der Waals surface area contributed by atoms with E-state index in [1.165, 1.54) is 0 Å². The zero-order chi connectivity index (χ0) is 15.4. The minimum atomic E-state index is -5.43. The molecule has 1 radical (unpaired) electrons. The molecule has 0 aromatic rings. The standard InChI is InChI=1S/Cr.Na.2H2O7S2/c;;2*1-8(2,3)7-9(4,5)6/h;;2*(H,1,2,3)(H,4,5,6)/q+3;+1;;/p-4. The molecule has 0 unspecified atom stereocenters. The topological polar surface area (TPSA) is 247 Å². The molecule has 20 heavy (non-hydrogen) atoms. The van der Waals surface area contributed by atoms with Crippen molar-refractivity contribution in [2.75, 3.05) is 0 Å². The van der Waals surface area contributed by atoms with E-state index in [1.807, 2.05) is 0 Å². The van der Waals surface area contributed by atoms with E-state index >= 15 is 0 Å². The third-order valence-electron chi connectivity index (χ3n) is 0.333. The monoisotopic (exact) mass is 427 g/mol. The van der Waals surface area contributed by atoms with Gasteiger partial charge in [-0.15, -0.1) is 0 Å². The summed E-state index contributed by atoms with van der Waals surface area (Å²) in [5.41, 5.74) is 0. The summed E-state index contributed by atoms with van der Waals surface area (Å²) in [7, 11) is -21.7.